The molecule has 1 amide bonds. The zero-order chi connectivity index (χ0) is 16.7. The lowest BCUT2D eigenvalue weighted by atomic mass is 10.1. The predicted octanol–water partition coefficient (Wildman–Crippen LogP) is 1.86. The minimum Gasteiger partial charge on any atom is -0.478 e. The van der Waals surface area contributed by atoms with E-state index in [9.17, 15) is 9.59 Å². The Bertz CT molecular complexity index is 771. The van der Waals surface area contributed by atoms with E-state index in [1.807, 2.05) is 24.3 Å². The van der Waals surface area contributed by atoms with E-state index in [0.717, 1.165) is 11.1 Å². The fourth-order valence-electron chi connectivity index (χ4n) is 1.91. The van der Waals surface area contributed by atoms with E-state index in [1.165, 1.54) is 18.5 Å². The average molecular weight is 308 g/mol. The first kappa shape index (κ1) is 16.2. The molecule has 0 aliphatic carbocycles. The Kier molecular flexibility index (Phi) is 5.48. The number of aromatic carboxylic acids is 1. The third kappa shape index (κ3) is 4.97. The van der Waals surface area contributed by atoms with Gasteiger partial charge in [0.05, 0.1) is 5.56 Å². The molecule has 0 saturated heterocycles. The number of carboxylic acids is 1. The number of pyridine rings is 1. The zero-order valence-corrected chi connectivity index (χ0v) is 12.7. The first-order valence-corrected chi connectivity index (χ1v) is 7.08. The number of hydrogen-bond donors (Lipinski definition) is 2. The molecular formula is C18H16N2O3. The highest BCUT2D eigenvalue weighted by Crippen LogP contribution is 2.07. The number of nitrogens with one attached hydrogen (secondary N) is 1. The molecule has 2 rings (SSSR count). The van der Waals surface area contributed by atoms with Crippen LogP contribution in [0.4, 0.5) is 0 Å². The van der Waals surface area contributed by atoms with Gasteiger partial charge in [0, 0.05) is 37.0 Å². The predicted molar refractivity (Wildman–Crippen MR) is 86.0 cm³/mol. The molecule has 1 aromatic carbocycles. The summed E-state index contributed by atoms with van der Waals surface area (Å²) in [5.74, 6) is 4.85. The molecule has 5 nitrogen and oxygen atoms in total. The van der Waals surface area contributed by atoms with Gasteiger partial charge >= 0.3 is 5.97 Å². The normalized spacial score (nSPS) is 9.61. The number of amides is 1. The van der Waals surface area contributed by atoms with Crippen molar-refractivity contribution in [2.24, 2.45) is 0 Å². The van der Waals surface area contributed by atoms with Gasteiger partial charge in [0.2, 0.25) is 5.91 Å². The highest BCUT2D eigenvalue weighted by molar-refractivity contribution is 5.87. The molecule has 0 bridgehead atoms. The van der Waals surface area contributed by atoms with E-state index >= 15 is 0 Å². The van der Waals surface area contributed by atoms with E-state index in [0.29, 0.717) is 18.4 Å². The first-order chi connectivity index (χ1) is 11.1. The van der Waals surface area contributed by atoms with Crippen LogP contribution in [0.3, 0.4) is 0 Å². The Labute approximate surface area is 134 Å². The number of aromatic nitrogens is 1. The number of carbonyl (C=O) groups is 2. The van der Waals surface area contributed by atoms with Gasteiger partial charge in [-0.05, 0) is 30.2 Å². The molecule has 23 heavy (non-hydrogen) atoms. The molecule has 0 fully saturated rings. The van der Waals surface area contributed by atoms with Crippen molar-refractivity contribution in [1.29, 1.82) is 0 Å². The topological polar surface area (TPSA) is 79.3 Å². The van der Waals surface area contributed by atoms with Crippen molar-refractivity contribution in [3.8, 4) is 11.8 Å². The van der Waals surface area contributed by atoms with Gasteiger partial charge in [-0.1, -0.05) is 24.0 Å². The average Bonchev–Trinajstić information content (AvgIpc) is 2.59. The highest BCUT2D eigenvalue weighted by atomic mass is 16.4. The van der Waals surface area contributed by atoms with Crippen LogP contribution in [-0.4, -0.2) is 29.0 Å². The van der Waals surface area contributed by atoms with Crippen molar-refractivity contribution in [1.82, 2.24) is 10.3 Å². The van der Waals surface area contributed by atoms with E-state index in [1.54, 1.807) is 7.05 Å². The van der Waals surface area contributed by atoms with Crippen molar-refractivity contribution in [3.05, 3.63) is 65.0 Å². The highest BCUT2D eigenvalue weighted by Gasteiger charge is 2.02. The monoisotopic (exact) mass is 308 g/mol. The van der Waals surface area contributed by atoms with E-state index in [-0.39, 0.29) is 11.5 Å². The SMILES string of the molecule is CNC(=O)CCc1ccc(C#Cc2cncc(C(=O)O)c2)cc1. The van der Waals surface area contributed by atoms with Crippen LogP contribution in [0.5, 0.6) is 0 Å². The summed E-state index contributed by atoms with van der Waals surface area (Å²) < 4.78 is 0. The Balaban J connectivity index is 2.05. The van der Waals surface area contributed by atoms with Crippen LogP contribution in [0.25, 0.3) is 0 Å². The summed E-state index contributed by atoms with van der Waals surface area (Å²) in [6.07, 6.45) is 3.94. The number of nitrogens with zero attached hydrogens (tertiary/aromatic N) is 1. The summed E-state index contributed by atoms with van der Waals surface area (Å²) in [4.78, 5) is 25.9. The first-order valence-electron chi connectivity index (χ1n) is 7.08. The number of carbonyl (C=O) groups excluding carboxylic acids is 1. The summed E-state index contributed by atoms with van der Waals surface area (Å²) in [5.41, 5.74) is 2.54. The number of benzene rings is 1. The smallest absolute Gasteiger partial charge is 0.337 e. The maximum atomic E-state index is 11.2. The molecule has 0 saturated carbocycles. The Morgan fingerprint density at radius 1 is 1.13 bits per heavy atom. The number of hydrogen-bond acceptors (Lipinski definition) is 3. The molecule has 0 radical (unpaired) electrons. The molecule has 116 valence electrons. The van der Waals surface area contributed by atoms with Crippen molar-refractivity contribution in [3.63, 3.8) is 0 Å². The maximum Gasteiger partial charge on any atom is 0.337 e. The largest absolute Gasteiger partial charge is 0.478 e. The molecule has 5 heteroatoms. The van der Waals surface area contributed by atoms with Gasteiger partial charge in [-0.2, -0.15) is 0 Å². The van der Waals surface area contributed by atoms with Gasteiger partial charge in [0.1, 0.15) is 0 Å². The maximum absolute atomic E-state index is 11.2. The van der Waals surface area contributed by atoms with Crippen molar-refractivity contribution >= 4 is 11.9 Å². The summed E-state index contributed by atoms with van der Waals surface area (Å²) in [6, 6.07) is 9.10. The molecule has 0 aliphatic heterocycles. The van der Waals surface area contributed by atoms with Crippen LogP contribution in [0, 0.1) is 11.8 Å². The lowest BCUT2D eigenvalue weighted by Crippen LogP contribution is -2.17. The van der Waals surface area contributed by atoms with Gasteiger partial charge < -0.3 is 10.4 Å². The second-order valence-electron chi connectivity index (χ2n) is 4.89. The van der Waals surface area contributed by atoms with Crippen LogP contribution in [-0.2, 0) is 11.2 Å². The lowest BCUT2D eigenvalue weighted by molar-refractivity contribution is -0.120. The lowest BCUT2D eigenvalue weighted by Gasteiger charge is -2.01. The third-order valence-electron chi connectivity index (χ3n) is 3.21. The van der Waals surface area contributed by atoms with Crippen molar-refractivity contribution < 1.29 is 14.7 Å². The third-order valence-corrected chi connectivity index (χ3v) is 3.21. The van der Waals surface area contributed by atoms with Crippen LogP contribution in [0.2, 0.25) is 0 Å². The molecule has 1 aromatic heterocycles. The summed E-state index contributed by atoms with van der Waals surface area (Å²) in [7, 11) is 1.62. The molecule has 0 atom stereocenters. The quantitative estimate of drug-likeness (QED) is 0.845. The van der Waals surface area contributed by atoms with Crippen molar-refractivity contribution in [2.45, 2.75) is 12.8 Å². The van der Waals surface area contributed by atoms with Crippen LogP contribution >= 0.6 is 0 Å². The molecule has 2 N–H and O–H groups in total. The Morgan fingerprint density at radius 3 is 2.48 bits per heavy atom. The van der Waals surface area contributed by atoms with Gasteiger partial charge in [0.15, 0.2) is 0 Å². The minimum atomic E-state index is -1.03. The number of rotatable bonds is 4. The fraction of sp³-hybridized carbons (Fsp3) is 0.167. The van der Waals surface area contributed by atoms with Crippen LogP contribution in [0.1, 0.15) is 33.5 Å². The Morgan fingerprint density at radius 2 is 1.83 bits per heavy atom. The number of aryl methyl sites for hydroxylation is 1. The second kappa shape index (κ2) is 7.76. The molecular weight excluding hydrogens is 292 g/mol. The minimum absolute atomic E-state index is 0.0136. The number of carboxylic acid groups (broad SMARTS) is 1. The van der Waals surface area contributed by atoms with Gasteiger partial charge in [-0.15, -0.1) is 0 Å². The second-order valence-corrected chi connectivity index (χ2v) is 4.89. The van der Waals surface area contributed by atoms with Crippen LogP contribution < -0.4 is 5.32 Å². The summed E-state index contributed by atoms with van der Waals surface area (Å²) in [5, 5.41) is 11.5. The molecule has 1 heterocycles. The zero-order valence-electron chi connectivity index (χ0n) is 12.7. The molecule has 0 aliphatic rings. The summed E-state index contributed by atoms with van der Waals surface area (Å²) in [6.45, 7) is 0. The Hall–Kier alpha value is -3.13. The van der Waals surface area contributed by atoms with E-state index in [4.69, 9.17) is 5.11 Å². The van der Waals surface area contributed by atoms with Gasteiger partial charge in [-0.25, -0.2) is 4.79 Å². The van der Waals surface area contributed by atoms with Crippen molar-refractivity contribution in [2.75, 3.05) is 7.05 Å². The van der Waals surface area contributed by atoms with E-state index in [2.05, 4.69) is 22.1 Å². The molecule has 0 spiro atoms. The fourth-order valence-corrected chi connectivity index (χ4v) is 1.91. The molecule has 0 unspecified atom stereocenters. The van der Waals surface area contributed by atoms with Gasteiger partial charge in [0.25, 0.3) is 0 Å². The van der Waals surface area contributed by atoms with Crippen LogP contribution in [0.15, 0.2) is 42.7 Å². The standard InChI is InChI=1S/C18H16N2O3/c1-19-17(21)9-8-14-4-2-13(3-5-14)6-7-15-10-16(18(22)23)12-20-11-15/h2-5,10-12H,8-9H2,1H3,(H,19,21)(H,22,23). The van der Waals surface area contributed by atoms with Gasteiger partial charge in [-0.3, -0.25) is 9.78 Å². The molecule has 2 aromatic rings. The van der Waals surface area contributed by atoms with E-state index < -0.39 is 5.97 Å². The summed E-state index contributed by atoms with van der Waals surface area (Å²) >= 11 is 0.